The van der Waals surface area contributed by atoms with Gasteiger partial charge in [0.2, 0.25) is 5.28 Å². The molecule has 1 aromatic heterocycles. The van der Waals surface area contributed by atoms with Crippen LogP contribution in [0.5, 0.6) is 0 Å². The Hall–Kier alpha value is -2.14. The van der Waals surface area contributed by atoms with Crippen LogP contribution < -0.4 is 5.48 Å². The molecule has 0 spiro atoms. The van der Waals surface area contributed by atoms with Gasteiger partial charge >= 0.3 is 5.97 Å². The van der Waals surface area contributed by atoms with Gasteiger partial charge < -0.3 is 4.84 Å². The molecule has 5 nitrogen and oxygen atoms in total. The van der Waals surface area contributed by atoms with Crippen molar-refractivity contribution in [3.63, 3.8) is 0 Å². The molecule has 3 saturated carbocycles. The van der Waals surface area contributed by atoms with Gasteiger partial charge in [0, 0.05) is 11.6 Å². The van der Waals surface area contributed by atoms with Crippen molar-refractivity contribution in [2.45, 2.75) is 58.3 Å². The first-order valence-corrected chi connectivity index (χ1v) is 10.8. The fraction of sp³-hybridized carbons (Fsp3) is 0.522. The molecule has 0 amide bonds. The summed E-state index contributed by atoms with van der Waals surface area (Å²) in [5.74, 6) is 1.32. The SMILES string of the molecule is CC(C)(C)c1ccc(-c2cc(NOC(=O)C3CC4CCC3CC4)nc(Cl)n2)cc1. The summed E-state index contributed by atoms with van der Waals surface area (Å²) in [5, 5.41) is 0.109. The van der Waals surface area contributed by atoms with E-state index in [9.17, 15) is 4.79 Å². The molecule has 1 unspecified atom stereocenters. The van der Waals surface area contributed by atoms with Crippen LogP contribution in [0.15, 0.2) is 30.3 Å². The molecule has 1 atom stereocenters. The maximum absolute atomic E-state index is 12.6. The zero-order valence-corrected chi connectivity index (χ0v) is 18.0. The highest BCUT2D eigenvalue weighted by molar-refractivity contribution is 6.28. The average molecular weight is 414 g/mol. The first kappa shape index (κ1) is 20.1. The van der Waals surface area contributed by atoms with Crippen molar-refractivity contribution in [3.8, 4) is 11.3 Å². The molecule has 0 saturated heterocycles. The van der Waals surface area contributed by atoms with Crippen LogP contribution in [-0.2, 0) is 15.0 Å². The summed E-state index contributed by atoms with van der Waals surface area (Å²) in [6, 6.07) is 9.98. The second kappa shape index (κ2) is 7.94. The number of carbonyl (C=O) groups excluding carboxylic acids is 1. The van der Waals surface area contributed by atoms with Gasteiger partial charge in [-0.25, -0.2) is 15.3 Å². The fourth-order valence-corrected chi connectivity index (χ4v) is 4.79. The standard InChI is InChI=1S/C23H28ClN3O2/c1-23(2,3)17-10-8-16(9-11-17)19-13-20(26-22(24)25-19)27-29-21(28)18-12-14-4-6-15(18)7-5-14/h8-11,13-15,18H,4-7,12H2,1-3H3,(H,25,26,27). The first-order chi connectivity index (χ1) is 13.8. The summed E-state index contributed by atoms with van der Waals surface area (Å²) in [6.07, 6.45) is 5.72. The second-order valence-electron chi connectivity index (χ2n) is 9.38. The molecule has 6 heteroatoms. The van der Waals surface area contributed by atoms with Crippen LogP contribution in [-0.4, -0.2) is 15.9 Å². The third-order valence-corrected chi connectivity index (χ3v) is 6.52. The summed E-state index contributed by atoms with van der Waals surface area (Å²) in [4.78, 5) is 26.4. The van der Waals surface area contributed by atoms with E-state index in [0.717, 1.165) is 24.8 Å². The monoisotopic (exact) mass is 413 g/mol. The van der Waals surface area contributed by atoms with E-state index in [1.165, 1.54) is 18.4 Å². The fourth-order valence-electron chi connectivity index (χ4n) is 4.60. The summed E-state index contributed by atoms with van der Waals surface area (Å²) in [7, 11) is 0. The number of hydrogen-bond donors (Lipinski definition) is 1. The van der Waals surface area contributed by atoms with Gasteiger partial charge in [-0.3, -0.25) is 0 Å². The van der Waals surface area contributed by atoms with Crippen molar-refractivity contribution in [1.29, 1.82) is 0 Å². The Morgan fingerprint density at radius 2 is 1.79 bits per heavy atom. The molecule has 5 rings (SSSR count). The topological polar surface area (TPSA) is 64.1 Å². The van der Waals surface area contributed by atoms with Crippen LogP contribution in [0.1, 0.15) is 58.4 Å². The number of benzene rings is 1. The molecule has 2 aromatic rings. The van der Waals surface area contributed by atoms with Gasteiger partial charge in [0.05, 0.1) is 11.6 Å². The molecule has 1 aromatic carbocycles. The summed E-state index contributed by atoms with van der Waals surface area (Å²) in [6.45, 7) is 6.54. The molecule has 29 heavy (non-hydrogen) atoms. The van der Waals surface area contributed by atoms with Crippen LogP contribution in [0.3, 0.4) is 0 Å². The molecule has 0 aliphatic heterocycles. The van der Waals surface area contributed by atoms with Gasteiger partial charge in [-0.1, -0.05) is 57.9 Å². The van der Waals surface area contributed by atoms with Crippen molar-refractivity contribution < 1.29 is 9.63 Å². The molecule has 1 heterocycles. The van der Waals surface area contributed by atoms with Gasteiger partial charge in [0.15, 0.2) is 5.82 Å². The number of hydrogen-bond acceptors (Lipinski definition) is 5. The number of halogens is 1. The van der Waals surface area contributed by atoms with E-state index in [-0.39, 0.29) is 22.6 Å². The average Bonchev–Trinajstić information content (AvgIpc) is 2.72. The van der Waals surface area contributed by atoms with Crippen LogP contribution in [0.25, 0.3) is 11.3 Å². The predicted molar refractivity (Wildman–Crippen MR) is 114 cm³/mol. The number of nitrogens with one attached hydrogen (secondary N) is 1. The Morgan fingerprint density at radius 1 is 1.10 bits per heavy atom. The Balaban J connectivity index is 1.45. The van der Waals surface area contributed by atoms with Gasteiger partial charge in [-0.2, -0.15) is 4.98 Å². The van der Waals surface area contributed by atoms with Crippen molar-refractivity contribution >= 4 is 23.4 Å². The van der Waals surface area contributed by atoms with Gasteiger partial charge in [-0.15, -0.1) is 0 Å². The zero-order valence-electron chi connectivity index (χ0n) is 17.2. The number of anilines is 1. The first-order valence-electron chi connectivity index (χ1n) is 10.4. The predicted octanol–water partition coefficient (Wildman–Crippen LogP) is 5.79. The molecule has 3 fully saturated rings. The van der Waals surface area contributed by atoms with Crippen LogP contribution in [0, 0.1) is 17.8 Å². The molecule has 154 valence electrons. The van der Waals surface area contributed by atoms with Crippen LogP contribution in [0.4, 0.5) is 5.82 Å². The lowest BCUT2D eigenvalue weighted by molar-refractivity contribution is -0.151. The molecule has 3 aliphatic carbocycles. The molecule has 3 aliphatic rings. The van der Waals surface area contributed by atoms with E-state index < -0.39 is 0 Å². The summed E-state index contributed by atoms with van der Waals surface area (Å²) < 4.78 is 0. The minimum atomic E-state index is -0.190. The van der Waals surface area contributed by atoms with Gasteiger partial charge in [-0.05, 0) is 53.7 Å². The zero-order chi connectivity index (χ0) is 20.6. The van der Waals surface area contributed by atoms with Crippen LogP contribution in [0.2, 0.25) is 5.28 Å². The van der Waals surface area contributed by atoms with E-state index in [1.807, 2.05) is 12.1 Å². The lowest BCUT2D eigenvalue weighted by atomic mass is 9.65. The lowest BCUT2D eigenvalue weighted by Gasteiger charge is -2.40. The third-order valence-electron chi connectivity index (χ3n) is 6.35. The van der Waals surface area contributed by atoms with E-state index in [1.54, 1.807) is 6.07 Å². The van der Waals surface area contributed by atoms with Gasteiger partial charge in [0.1, 0.15) is 0 Å². The maximum atomic E-state index is 12.6. The van der Waals surface area contributed by atoms with E-state index in [2.05, 4.69) is 48.4 Å². The normalized spacial score (nSPS) is 23.7. The lowest BCUT2D eigenvalue weighted by Crippen LogP contribution is -2.37. The third kappa shape index (κ3) is 4.55. The molecule has 2 bridgehead atoms. The minimum Gasteiger partial charge on any atom is -0.342 e. The highest BCUT2D eigenvalue weighted by Gasteiger charge is 2.40. The Kier molecular flexibility index (Phi) is 5.52. The molecular formula is C23H28ClN3O2. The van der Waals surface area contributed by atoms with E-state index in [4.69, 9.17) is 16.4 Å². The molecular weight excluding hydrogens is 386 g/mol. The second-order valence-corrected chi connectivity index (χ2v) is 9.72. The van der Waals surface area contributed by atoms with Crippen molar-refractivity contribution in [2.24, 2.45) is 17.8 Å². The van der Waals surface area contributed by atoms with Gasteiger partial charge in [0.25, 0.3) is 0 Å². The Labute approximate surface area is 177 Å². The largest absolute Gasteiger partial charge is 0.342 e. The van der Waals surface area contributed by atoms with Crippen LogP contribution >= 0.6 is 11.6 Å². The number of carbonyl (C=O) groups is 1. The number of nitrogens with zero attached hydrogens (tertiary/aromatic N) is 2. The maximum Gasteiger partial charge on any atom is 0.335 e. The van der Waals surface area contributed by atoms with Crippen molar-refractivity contribution in [3.05, 3.63) is 41.2 Å². The smallest absolute Gasteiger partial charge is 0.335 e. The van der Waals surface area contributed by atoms with Crippen molar-refractivity contribution in [1.82, 2.24) is 9.97 Å². The Morgan fingerprint density at radius 3 is 2.38 bits per heavy atom. The highest BCUT2D eigenvalue weighted by atomic mass is 35.5. The van der Waals surface area contributed by atoms with E-state index in [0.29, 0.717) is 23.3 Å². The van der Waals surface area contributed by atoms with Crippen molar-refractivity contribution in [2.75, 3.05) is 5.48 Å². The summed E-state index contributed by atoms with van der Waals surface area (Å²) in [5.41, 5.74) is 5.65. The number of rotatable bonds is 4. The minimum absolute atomic E-state index is 0.00304. The highest BCUT2D eigenvalue weighted by Crippen LogP contribution is 2.45. The Bertz CT molecular complexity index is 884. The summed E-state index contributed by atoms with van der Waals surface area (Å²) >= 11 is 6.12. The number of aromatic nitrogens is 2. The number of fused-ring (bicyclic) bond motifs is 3. The quantitative estimate of drug-likeness (QED) is 0.507. The molecule has 1 N–H and O–H groups in total. The van der Waals surface area contributed by atoms with E-state index >= 15 is 0 Å². The molecule has 0 radical (unpaired) electrons.